The van der Waals surface area contributed by atoms with Crippen LogP contribution in [0.25, 0.3) is 11.1 Å². The summed E-state index contributed by atoms with van der Waals surface area (Å²) in [6, 6.07) is 17.6. The first-order valence-corrected chi connectivity index (χ1v) is 11.7. The first-order chi connectivity index (χ1) is 15.2. The smallest absolute Gasteiger partial charge is 0.414 e. The molecule has 2 aromatic carbocycles. The molecule has 0 atom stereocenters. The van der Waals surface area contributed by atoms with Crippen molar-refractivity contribution in [2.24, 2.45) is 0 Å². The van der Waals surface area contributed by atoms with E-state index in [-0.39, 0.29) is 11.7 Å². The highest BCUT2D eigenvalue weighted by Crippen LogP contribution is 2.20. The normalized spacial score (nSPS) is 14.2. The minimum Gasteiger partial charge on any atom is -0.473 e. The average Bonchev–Trinajstić information content (AvgIpc) is 2.80. The number of hydrogen-bond acceptors (Lipinski definition) is 5. The van der Waals surface area contributed by atoms with Crippen molar-refractivity contribution in [3.8, 4) is 11.1 Å². The summed E-state index contributed by atoms with van der Waals surface area (Å²) in [5.41, 5.74) is 2.81. The SMILES string of the molecule is CCCS(=O)(=O)N1CCN(C(=O)c2ccc(-c3ccccc3)cc2)CC1.O=C(O)C(=O)O. The van der Waals surface area contributed by atoms with Gasteiger partial charge in [-0.15, -0.1) is 0 Å². The molecular weight excluding hydrogens is 436 g/mol. The fraction of sp³-hybridized carbons (Fsp3) is 0.318. The Balaban J connectivity index is 0.000000534. The molecule has 0 radical (unpaired) electrons. The lowest BCUT2D eigenvalue weighted by Crippen LogP contribution is -2.51. The summed E-state index contributed by atoms with van der Waals surface area (Å²) < 4.78 is 25.8. The standard InChI is InChI=1S/C20H24N2O3S.C2H2O4/c1-2-16-26(24,25)22-14-12-21(13-15-22)20(23)19-10-8-18(9-11-19)17-6-4-3-5-7-17;3-1(4)2(5)6/h3-11H,2,12-16H2,1H3;(H,3,4)(H,5,6). The Labute approximate surface area is 186 Å². The van der Waals surface area contributed by atoms with Crippen molar-refractivity contribution >= 4 is 27.9 Å². The van der Waals surface area contributed by atoms with Crippen molar-refractivity contribution in [3.05, 3.63) is 60.2 Å². The molecule has 9 nitrogen and oxygen atoms in total. The van der Waals surface area contributed by atoms with Crippen molar-refractivity contribution in [3.63, 3.8) is 0 Å². The van der Waals surface area contributed by atoms with Crippen LogP contribution >= 0.6 is 0 Å². The quantitative estimate of drug-likeness (QED) is 0.650. The summed E-state index contributed by atoms with van der Waals surface area (Å²) in [6.07, 6.45) is 0.606. The van der Waals surface area contributed by atoms with E-state index in [0.717, 1.165) is 11.1 Å². The van der Waals surface area contributed by atoms with Crippen molar-refractivity contribution in [2.45, 2.75) is 13.3 Å². The zero-order valence-electron chi connectivity index (χ0n) is 17.7. The van der Waals surface area contributed by atoms with E-state index in [1.54, 1.807) is 4.90 Å². The van der Waals surface area contributed by atoms with Crippen LogP contribution in [0.1, 0.15) is 23.7 Å². The van der Waals surface area contributed by atoms with Crippen LogP contribution in [0.5, 0.6) is 0 Å². The number of carboxylic acids is 2. The van der Waals surface area contributed by atoms with E-state index in [1.807, 2.05) is 61.5 Å². The lowest BCUT2D eigenvalue weighted by Gasteiger charge is -2.34. The molecule has 0 saturated carbocycles. The number of sulfonamides is 1. The largest absolute Gasteiger partial charge is 0.473 e. The molecule has 2 N–H and O–H groups in total. The van der Waals surface area contributed by atoms with Gasteiger partial charge in [0, 0.05) is 31.7 Å². The average molecular weight is 463 g/mol. The fourth-order valence-electron chi connectivity index (χ4n) is 3.17. The van der Waals surface area contributed by atoms with Gasteiger partial charge in [0.15, 0.2) is 0 Å². The zero-order valence-corrected chi connectivity index (χ0v) is 18.5. The molecule has 0 unspecified atom stereocenters. The molecular formula is C22H26N2O7S. The third-order valence-electron chi connectivity index (χ3n) is 4.80. The van der Waals surface area contributed by atoms with Crippen molar-refractivity contribution in [1.82, 2.24) is 9.21 Å². The van der Waals surface area contributed by atoms with E-state index in [9.17, 15) is 13.2 Å². The number of hydrogen-bond donors (Lipinski definition) is 2. The summed E-state index contributed by atoms with van der Waals surface area (Å²) in [6.45, 7) is 3.47. The Hall–Kier alpha value is -3.24. The maximum Gasteiger partial charge on any atom is 0.414 e. The highest BCUT2D eigenvalue weighted by Gasteiger charge is 2.28. The maximum atomic E-state index is 12.7. The van der Waals surface area contributed by atoms with Crippen LogP contribution in [0.2, 0.25) is 0 Å². The Morgan fingerprint density at radius 3 is 1.78 bits per heavy atom. The van der Waals surface area contributed by atoms with Crippen LogP contribution in [-0.4, -0.2) is 77.6 Å². The highest BCUT2D eigenvalue weighted by molar-refractivity contribution is 7.89. The van der Waals surface area contributed by atoms with Gasteiger partial charge in [0.1, 0.15) is 0 Å². The number of carboxylic acid groups (broad SMARTS) is 2. The topological polar surface area (TPSA) is 132 Å². The van der Waals surface area contributed by atoms with Gasteiger partial charge in [0.05, 0.1) is 5.75 Å². The van der Waals surface area contributed by atoms with Gasteiger partial charge in [-0.2, -0.15) is 4.31 Å². The molecule has 32 heavy (non-hydrogen) atoms. The Bertz CT molecular complexity index is 1020. The summed E-state index contributed by atoms with van der Waals surface area (Å²) in [4.78, 5) is 32.6. The number of benzene rings is 2. The van der Waals surface area contributed by atoms with Gasteiger partial charge >= 0.3 is 11.9 Å². The second-order valence-corrected chi connectivity index (χ2v) is 9.15. The van der Waals surface area contributed by atoms with Crippen molar-refractivity contribution in [2.75, 3.05) is 31.9 Å². The molecule has 1 aliphatic heterocycles. The lowest BCUT2D eigenvalue weighted by atomic mass is 10.0. The monoisotopic (exact) mass is 462 g/mol. The van der Waals surface area contributed by atoms with Crippen LogP contribution in [0.15, 0.2) is 54.6 Å². The molecule has 1 heterocycles. The summed E-state index contributed by atoms with van der Waals surface area (Å²) in [7, 11) is -3.19. The molecule has 0 spiro atoms. The van der Waals surface area contributed by atoms with Gasteiger partial charge in [-0.1, -0.05) is 49.4 Å². The molecule has 1 amide bonds. The molecule has 0 bridgehead atoms. The number of carbonyl (C=O) groups excluding carboxylic acids is 1. The summed E-state index contributed by atoms with van der Waals surface area (Å²) >= 11 is 0. The number of amides is 1. The van der Waals surface area contributed by atoms with Crippen LogP contribution in [0, 0.1) is 0 Å². The first-order valence-electron chi connectivity index (χ1n) is 10.0. The molecule has 10 heteroatoms. The van der Waals surface area contributed by atoms with Gasteiger partial charge in [-0.25, -0.2) is 18.0 Å². The maximum absolute atomic E-state index is 12.7. The highest BCUT2D eigenvalue weighted by atomic mass is 32.2. The van der Waals surface area contributed by atoms with E-state index in [4.69, 9.17) is 19.8 Å². The summed E-state index contributed by atoms with van der Waals surface area (Å²) in [5, 5.41) is 14.8. The van der Waals surface area contributed by atoms with Gasteiger partial charge in [0.25, 0.3) is 5.91 Å². The van der Waals surface area contributed by atoms with Crippen molar-refractivity contribution < 1.29 is 33.0 Å². The second kappa shape index (κ2) is 11.4. The van der Waals surface area contributed by atoms with Gasteiger partial charge in [-0.05, 0) is 29.7 Å². The van der Waals surface area contributed by atoms with Crippen molar-refractivity contribution in [1.29, 1.82) is 0 Å². The lowest BCUT2D eigenvalue weighted by molar-refractivity contribution is -0.159. The molecule has 0 aromatic heterocycles. The third-order valence-corrected chi connectivity index (χ3v) is 6.88. The number of nitrogens with zero attached hydrogens (tertiary/aromatic N) is 2. The molecule has 1 aliphatic rings. The first kappa shape index (κ1) is 25.0. The molecule has 1 fully saturated rings. The molecule has 172 valence electrons. The van der Waals surface area contributed by atoms with Crippen LogP contribution in [0.4, 0.5) is 0 Å². The van der Waals surface area contributed by atoms with Crippen LogP contribution < -0.4 is 0 Å². The number of rotatable bonds is 5. The number of piperazine rings is 1. The predicted octanol–water partition coefficient (Wildman–Crippen LogP) is 2.01. The summed E-state index contributed by atoms with van der Waals surface area (Å²) in [5.74, 6) is -3.52. The van der Waals surface area contributed by atoms with Gasteiger partial charge in [-0.3, -0.25) is 4.79 Å². The molecule has 1 saturated heterocycles. The van der Waals surface area contributed by atoms with Crippen LogP contribution in [0.3, 0.4) is 0 Å². The van der Waals surface area contributed by atoms with E-state index >= 15 is 0 Å². The van der Waals surface area contributed by atoms with E-state index < -0.39 is 22.0 Å². The fourth-order valence-corrected chi connectivity index (χ4v) is 4.67. The minimum atomic E-state index is -3.19. The Kier molecular flexibility index (Phi) is 8.91. The predicted molar refractivity (Wildman–Crippen MR) is 119 cm³/mol. The Morgan fingerprint density at radius 1 is 0.812 bits per heavy atom. The third kappa shape index (κ3) is 6.89. The number of aliphatic carboxylic acids is 2. The van der Waals surface area contributed by atoms with E-state index in [0.29, 0.717) is 38.2 Å². The van der Waals surface area contributed by atoms with E-state index in [2.05, 4.69) is 0 Å². The molecule has 3 rings (SSSR count). The minimum absolute atomic E-state index is 0.0443. The number of carbonyl (C=O) groups is 3. The second-order valence-electron chi connectivity index (χ2n) is 7.06. The van der Waals surface area contributed by atoms with Gasteiger partial charge < -0.3 is 15.1 Å². The zero-order chi connectivity index (χ0) is 23.7. The van der Waals surface area contributed by atoms with Crippen LogP contribution in [-0.2, 0) is 19.6 Å². The van der Waals surface area contributed by atoms with E-state index in [1.165, 1.54) is 4.31 Å². The molecule has 0 aliphatic carbocycles. The molecule has 2 aromatic rings. The van der Waals surface area contributed by atoms with Gasteiger partial charge in [0.2, 0.25) is 10.0 Å². The Morgan fingerprint density at radius 2 is 1.31 bits per heavy atom.